The van der Waals surface area contributed by atoms with Crippen molar-refractivity contribution in [3.8, 4) is 0 Å². The first-order valence-electron chi connectivity index (χ1n) is 7.39. The molecule has 0 amide bonds. The Hall–Kier alpha value is -1.39. The van der Waals surface area contributed by atoms with Crippen molar-refractivity contribution in [3.05, 3.63) is 0 Å². The van der Waals surface area contributed by atoms with Crippen LogP contribution >= 0.6 is 0 Å². The number of hydrogen-bond acceptors (Lipinski definition) is 3. The largest absolute Gasteiger partial charge is 0.481 e. The molecular weight excluding hydrogens is 260 g/mol. The molecule has 0 heterocycles. The third-order valence-corrected chi connectivity index (χ3v) is 4.84. The van der Waals surface area contributed by atoms with Gasteiger partial charge in [-0.3, -0.25) is 14.4 Å². The Morgan fingerprint density at radius 1 is 0.750 bits per heavy atom. The summed E-state index contributed by atoms with van der Waals surface area (Å²) in [4.78, 5) is 33.6. The number of carbonyl (C=O) groups is 3. The van der Waals surface area contributed by atoms with Crippen LogP contribution in [0.3, 0.4) is 0 Å². The van der Waals surface area contributed by atoms with E-state index in [1.54, 1.807) is 0 Å². The van der Waals surface area contributed by atoms with Crippen molar-refractivity contribution >= 4 is 17.7 Å². The van der Waals surface area contributed by atoms with Crippen LogP contribution in [0.2, 0.25) is 0 Å². The number of Topliss-reactive ketones (excluding diaryl/α,β-unsaturated/α-hetero) is 1. The van der Waals surface area contributed by atoms with Gasteiger partial charge in [-0.15, -0.1) is 0 Å². The zero-order chi connectivity index (χ0) is 14.8. The second kappa shape index (κ2) is 5.54. The van der Waals surface area contributed by atoms with Crippen molar-refractivity contribution in [2.24, 2.45) is 10.8 Å². The summed E-state index contributed by atoms with van der Waals surface area (Å²) < 4.78 is 0. The lowest BCUT2D eigenvalue weighted by Gasteiger charge is -2.10. The predicted molar refractivity (Wildman–Crippen MR) is 71.3 cm³/mol. The highest BCUT2D eigenvalue weighted by molar-refractivity contribution is 5.80. The maximum absolute atomic E-state index is 11.7. The molecule has 5 heteroatoms. The number of hydrogen-bond donors (Lipinski definition) is 2. The van der Waals surface area contributed by atoms with E-state index in [-0.39, 0.29) is 5.78 Å². The highest BCUT2D eigenvalue weighted by atomic mass is 16.4. The number of carbonyl (C=O) groups excluding carboxylic acids is 1. The average Bonchev–Trinajstić information content (AvgIpc) is 3.23. The summed E-state index contributed by atoms with van der Waals surface area (Å²) in [7, 11) is 0. The van der Waals surface area contributed by atoms with Gasteiger partial charge in [-0.1, -0.05) is 0 Å². The molecule has 0 aromatic rings. The molecule has 2 aliphatic rings. The third-order valence-electron chi connectivity index (χ3n) is 4.84. The molecule has 0 aromatic carbocycles. The van der Waals surface area contributed by atoms with Crippen molar-refractivity contribution in [1.82, 2.24) is 0 Å². The number of rotatable bonds is 10. The Labute approximate surface area is 118 Å². The Morgan fingerprint density at radius 3 is 1.35 bits per heavy atom. The minimum atomic E-state index is -0.734. The zero-order valence-electron chi connectivity index (χ0n) is 11.7. The molecule has 0 atom stereocenters. The molecule has 0 aromatic heterocycles. The molecule has 0 spiro atoms. The molecule has 2 saturated carbocycles. The summed E-state index contributed by atoms with van der Waals surface area (Å²) in [6, 6.07) is 0. The van der Waals surface area contributed by atoms with Gasteiger partial charge in [-0.05, 0) is 51.4 Å². The Morgan fingerprint density at radius 2 is 1.10 bits per heavy atom. The monoisotopic (exact) mass is 282 g/mol. The van der Waals surface area contributed by atoms with Gasteiger partial charge >= 0.3 is 11.9 Å². The molecule has 2 rings (SSSR count). The Bertz CT molecular complexity index is 380. The van der Waals surface area contributed by atoms with Gasteiger partial charge in [0.05, 0.1) is 10.8 Å². The highest BCUT2D eigenvalue weighted by Crippen LogP contribution is 2.51. The van der Waals surface area contributed by atoms with Gasteiger partial charge < -0.3 is 10.2 Å². The van der Waals surface area contributed by atoms with Crippen LogP contribution in [0.25, 0.3) is 0 Å². The van der Waals surface area contributed by atoms with Crippen LogP contribution in [-0.2, 0) is 14.4 Å². The van der Waals surface area contributed by atoms with E-state index in [9.17, 15) is 14.4 Å². The summed E-state index contributed by atoms with van der Waals surface area (Å²) in [5, 5.41) is 18.0. The second-order valence-electron chi connectivity index (χ2n) is 6.42. The first kappa shape index (κ1) is 15.0. The van der Waals surface area contributed by atoms with Gasteiger partial charge in [0.1, 0.15) is 5.78 Å². The van der Waals surface area contributed by atoms with Gasteiger partial charge in [-0.2, -0.15) is 0 Å². The fraction of sp³-hybridized carbons (Fsp3) is 0.800. The molecule has 112 valence electrons. The lowest BCUT2D eigenvalue weighted by molar-refractivity contribution is -0.144. The van der Waals surface area contributed by atoms with Crippen LogP contribution in [0.1, 0.15) is 64.2 Å². The number of aliphatic carboxylic acids is 2. The molecule has 0 aliphatic heterocycles. The van der Waals surface area contributed by atoms with Crippen LogP contribution < -0.4 is 0 Å². The zero-order valence-corrected chi connectivity index (χ0v) is 11.7. The van der Waals surface area contributed by atoms with Gasteiger partial charge in [0.25, 0.3) is 0 Å². The predicted octanol–water partition coefficient (Wildman–Crippen LogP) is 2.63. The van der Waals surface area contributed by atoms with E-state index >= 15 is 0 Å². The van der Waals surface area contributed by atoms with Gasteiger partial charge in [0, 0.05) is 12.8 Å². The van der Waals surface area contributed by atoms with E-state index in [0.717, 1.165) is 25.7 Å². The Balaban J connectivity index is 1.57. The SMILES string of the molecule is O=C(CCCC1(C(=O)O)CC1)CCCC1(C(=O)O)CC1. The molecule has 2 aliphatic carbocycles. The average molecular weight is 282 g/mol. The standard InChI is InChI=1S/C15H22O5/c16-11(3-1-5-14(7-8-14)12(17)18)4-2-6-15(9-10-15)13(19)20/h1-10H2,(H,17,18)(H,19,20). The molecule has 0 bridgehead atoms. The van der Waals surface area contributed by atoms with Crippen LogP contribution in [-0.4, -0.2) is 27.9 Å². The first-order chi connectivity index (χ1) is 9.40. The van der Waals surface area contributed by atoms with Gasteiger partial charge in [0.2, 0.25) is 0 Å². The van der Waals surface area contributed by atoms with Crippen LogP contribution in [0.5, 0.6) is 0 Å². The number of carboxylic acid groups (broad SMARTS) is 2. The molecule has 0 radical (unpaired) electrons. The quantitative estimate of drug-likeness (QED) is 0.642. The molecule has 0 saturated heterocycles. The molecule has 0 unspecified atom stereocenters. The van der Waals surface area contributed by atoms with Crippen LogP contribution in [0.15, 0.2) is 0 Å². The van der Waals surface area contributed by atoms with Crippen molar-refractivity contribution in [1.29, 1.82) is 0 Å². The summed E-state index contributed by atoms with van der Waals surface area (Å²) in [5.74, 6) is -1.34. The van der Waals surface area contributed by atoms with Crippen molar-refractivity contribution in [2.75, 3.05) is 0 Å². The first-order valence-corrected chi connectivity index (χ1v) is 7.39. The van der Waals surface area contributed by atoms with E-state index in [2.05, 4.69) is 0 Å². The second-order valence-corrected chi connectivity index (χ2v) is 6.42. The van der Waals surface area contributed by atoms with Crippen LogP contribution in [0.4, 0.5) is 0 Å². The maximum Gasteiger partial charge on any atom is 0.309 e. The van der Waals surface area contributed by atoms with E-state index in [1.807, 2.05) is 0 Å². The maximum atomic E-state index is 11.7. The fourth-order valence-electron chi connectivity index (χ4n) is 2.82. The lowest BCUT2D eigenvalue weighted by atomic mass is 9.95. The fourth-order valence-corrected chi connectivity index (χ4v) is 2.82. The normalized spacial score (nSPS) is 21.2. The summed E-state index contributed by atoms with van der Waals surface area (Å²) in [6.07, 6.45) is 6.24. The third kappa shape index (κ3) is 3.38. The van der Waals surface area contributed by atoms with E-state index in [1.165, 1.54) is 0 Å². The summed E-state index contributed by atoms with van der Waals surface area (Å²) in [5.41, 5.74) is -1.08. The molecule has 20 heavy (non-hydrogen) atoms. The smallest absolute Gasteiger partial charge is 0.309 e. The highest BCUT2D eigenvalue weighted by Gasteiger charge is 2.50. The topological polar surface area (TPSA) is 91.7 Å². The van der Waals surface area contributed by atoms with Gasteiger partial charge in [0.15, 0.2) is 0 Å². The molecule has 5 nitrogen and oxygen atoms in total. The number of ketones is 1. The van der Waals surface area contributed by atoms with E-state index in [4.69, 9.17) is 10.2 Å². The minimum absolute atomic E-state index is 0.132. The molecule has 2 N–H and O–H groups in total. The van der Waals surface area contributed by atoms with E-state index in [0.29, 0.717) is 38.5 Å². The molecule has 2 fully saturated rings. The summed E-state index contributed by atoms with van der Waals surface area (Å²) in [6.45, 7) is 0. The van der Waals surface area contributed by atoms with Crippen LogP contribution in [0, 0.1) is 10.8 Å². The van der Waals surface area contributed by atoms with Gasteiger partial charge in [-0.25, -0.2) is 0 Å². The summed E-state index contributed by atoms with van der Waals surface area (Å²) >= 11 is 0. The Kier molecular flexibility index (Phi) is 4.16. The minimum Gasteiger partial charge on any atom is -0.481 e. The van der Waals surface area contributed by atoms with Crippen molar-refractivity contribution < 1.29 is 24.6 Å². The van der Waals surface area contributed by atoms with E-state index < -0.39 is 22.8 Å². The number of carboxylic acids is 2. The van der Waals surface area contributed by atoms with Crippen molar-refractivity contribution in [2.45, 2.75) is 64.2 Å². The molecular formula is C15H22O5. The van der Waals surface area contributed by atoms with Crippen molar-refractivity contribution in [3.63, 3.8) is 0 Å². The lowest BCUT2D eigenvalue weighted by Crippen LogP contribution is -2.16.